The van der Waals surface area contributed by atoms with Gasteiger partial charge in [-0.3, -0.25) is 29.1 Å². The predicted molar refractivity (Wildman–Crippen MR) is 120 cm³/mol. The second kappa shape index (κ2) is 8.16. The van der Waals surface area contributed by atoms with E-state index >= 15 is 0 Å². The number of para-hydroxylation sites is 1. The lowest BCUT2D eigenvalue weighted by Gasteiger charge is -2.31. The molecule has 8 nitrogen and oxygen atoms in total. The Morgan fingerprint density at radius 2 is 1.82 bits per heavy atom. The van der Waals surface area contributed by atoms with Crippen LogP contribution in [0.3, 0.4) is 0 Å². The van der Waals surface area contributed by atoms with Crippen LogP contribution in [0.25, 0.3) is 0 Å². The minimum Gasteiger partial charge on any atom is -0.508 e. The van der Waals surface area contributed by atoms with Crippen molar-refractivity contribution in [2.75, 3.05) is 5.32 Å². The normalized spacial score (nSPS) is 21.3. The fourth-order valence-corrected chi connectivity index (χ4v) is 6.87. The number of phenolic OH excluding ortho intramolecular Hbond substituents is 1. The number of hydrogen-bond donors (Lipinski definition) is 3. The van der Waals surface area contributed by atoms with Crippen LogP contribution in [-0.4, -0.2) is 32.6 Å². The Morgan fingerprint density at radius 1 is 1.09 bits per heavy atom. The summed E-state index contributed by atoms with van der Waals surface area (Å²) in [6, 6.07) is 11.7. The molecule has 168 valence electrons. The fourth-order valence-electron chi connectivity index (χ4n) is 4.14. The van der Waals surface area contributed by atoms with E-state index in [9.17, 15) is 28.7 Å². The maximum Gasteiger partial charge on any atom is 0.308 e. The third-order valence-electron chi connectivity index (χ3n) is 5.59. The first-order valence-corrected chi connectivity index (χ1v) is 11.6. The van der Waals surface area contributed by atoms with Crippen LogP contribution in [0, 0.1) is 11.7 Å². The van der Waals surface area contributed by atoms with Gasteiger partial charge < -0.3 is 10.4 Å². The maximum atomic E-state index is 13.1. The van der Waals surface area contributed by atoms with Crippen LogP contribution in [0.4, 0.5) is 10.1 Å². The van der Waals surface area contributed by atoms with Gasteiger partial charge in [-0.25, -0.2) is 4.39 Å². The number of carbonyl (C=O) groups is 3. The smallest absolute Gasteiger partial charge is 0.308 e. The van der Waals surface area contributed by atoms with Crippen molar-refractivity contribution in [2.24, 2.45) is 5.92 Å². The number of aromatic nitrogens is 1. The second-order valence-corrected chi connectivity index (χ2v) is 9.76. The van der Waals surface area contributed by atoms with Crippen LogP contribution in [0.1, 0.15) is 16.4 Å². The molecule has 2 aliphatic rings. The standard InChI is InChI=1S/C22H16FN3O5S2/c23-10-5-7-11(8-6-10)24-14(28)9-26-21-18(33-22(26)31)15(12-3-1-2-4-13(12)27)16-17(32-21)20(30)25-19(16)29/h1-8,15-17,27H,9H2,(H,24,28)(H,25,29,30)/t15-,16+,17-/m0/s1. The number of anilines is 1. The van der Waals surface area contributed by atoms with Crippen molar-refractivity contribution < 1.29 is 23.9 Å². The Morgan fingerprint density at radius 3 is 2.55 bits per heavy atom. The second-order valence-electron chi connectivity index (χ2n) is 7.63. The molecule has 2 aromatic carbocycles. The molecule has 1 fully saturated rings. The minimum absolute atomic E-state index is 0.0484. The van der Waals surface area contributed by atoms with Gasteiger partial charge in [-0.15, -0.1) is 0 Å². The largest absolute Gasteiger partial charge is 0.508 e. The summed E-state index contributed by atoms with van der Waals surface area (Å²) in [5.74, 6) is -3.42. The number of thioether (sulfide) groups is 1. The van der Waals surface area contributed by atoms with Gasteiger partial charge >= 0.3 is 4.87 Å². The molecule has 1 aromatic heterocycles. The lowest BCUT2D eigenvalue weighted by atomic mass is 9.82. The molecule has 33 heavy (non-hydrogen) atoms. The number of carbonyl (C=O) groups excluding carboxylic acids is 3. The number of halogens is 1. The zero-order valence-corrected chi connectivity index (χ0v) is 18.4. The van der Waals surface area contributed by atoms with E-state index in [0.717, 1.165) is 23.1 Å². The molecule has 3 heterocycles. The molecule has 0 radical (unpaired) electrons. The van der Waals surface area contributed by atoms with E-state index in [1.54, 1.807) is 18.2 Å². The number of benzene rings is 2. The highest BCUT2D eigenvalue weighted by Crippen LogP contribution is 2.52. The molecule has 3 N–H and O–H groups in total. The number of fused-ring (bicyclic) bond motifs is 2. The van der Waals surface area contributed by atoms with Crippen LogP contribution >= 0.6 is 23.1 Å². The van der Waals surface area contributed by atoms with Gasteiger partial charge in [-0.1, -0.05) is 41.3 Å². The van der Waals surface area contributed by atoms with E-state index in [0.29, 0.717) is 21.2 Å². The van der Waals surface area contributed by atoms with Gasteiger partial charge in [0.25, 0.3) is 0 Å². The molecule has 5 rings (SSSR count). The van der Waals surface area contributed by atoms with Gasteiger partial charge in [-0.05, 0) is 30.3 Å². The Bertz CT molecular complexity index is 1350. The van der Waals surface area contributed by atoms with Crippen LogP contribution < -0.4 is 15.5 Å². The van der Waals surface area contributed by atoms with Crippen LogP contribution in [0.2, 0.25) is 0 Å². The molecule has 3 aromatic rings. The highest BCUT2D eigenvalue weighted by Gasteiger charge is 2.53. The van der Waals surface area contributed by atoms with Gasteiger partial charge in [0.15, 0.2) is 0 Å². The first-order chi connectivity index (χ1) is 15.8. The molecular weight excluding hydrogens is 469 g/mol. The van der Waals surface area contributed by atoms with Crippen molar-refractivity contribution in [3.05, 3.63) is 74.5 Å². The topological polar surface area (TPSA) is 118 Å². The summed E-state index contributed by atoms with van der Waals surface area (Å²) in [6.07, 6.45) is 0. The van der Waals surface area contributed by atoms with E-state index in [-0.39, 0.29) is 12.3 Å². The summed E-state index contributed by atoms with van der Waals surface area (Å²) >= 11 is 1.96. The van der Waals surface area contributed by atoms with Crippen molar-refractivity contribution in [1.82, 2.24) is 9.88 Å². The Labute approximate surface area is 194 Å². The van der Waals surface area contributed by atoms with Crippen LogP contribution in [-0.2, 0) is 20.9 Å². The summed E-state index contributed by atoms with van der Waals surface area (Å²) in [5.41, 5.74) is 0.808. The number of aromatic hydroxyl groups is 1. The van der Waals surface area contributed by atoms with E-state index in [1.807, 2.05) is 0 Å². The monoisotopic (exact) mass is 485 g/mol. The number of nitrogens with one attached hydrogen (secondary N) is 2. The highest BCUT2D eigenvalue weighted by atomic mass is 32.2. The van der Waals surface area contributed by atoms with Crippen LogP contribution in [0.5, 0.6) is 5.75 Å². The van der Waals surface area contributed by atoms with Gasteiger partial charge in [0.2, 0.25) is 17.7 Å². The lowest BCUT2D eigenvalue weighted by molar-refractivity contribution is -0.126. The molecule has 0 aliphatic carbocycles. The highest BCUT2D eigenvalue weighted by molar-refractivity contribution is 8.00. The van der Waals surface area contributed by atoms with E-state index in [2.05, 4.69) is 10.6 Å². The number of amides is 3. The molecule has 0 bridgehead atoms. The van der Waals surface area contributed by atoms with Crippen molar-refractivity contribution >= 4 is 46.5 Å². The first-order valence-electron chi connectivity index (χ1n) is 9.91. The molecule has 0 spiro atoms. The molecular formula is C22H16FN3O5S2. The summed E-state index contributed by atoms with van der Waals surface area (Å²) in [6.45, 7) is -0.324. The summed E-state index contributed by atoms with van der Waals surface area (Å²) in [4.78, 5) is 50.7. The molecule has 1 saturated heterocycles. The zero-order valence-electron chi connectivity index (χ0n) is 16.8. The molecule has 2 aliphatic heterocycles. The lowest BCUT2D eigenvalue weighted by Crippen LogP contribution is -2.32. The van der Waals surface area contributed by atoms with E-state index in [4.69, 9.17) is 0 Å². The van der Waals surface area contributed by atoms with E-state index < -0.39 is 45.5 Å². The van der Waals surface area contributed by atoms with Crippen molar-refractivity contribution in [2.45, 2.75) is 22.7 Å². The summed E-state index contributed by atoms with van der Waals surface area (Å²) in [5, 5.41) is 15.0. The zero-order chi connectivity index (χ0) is 23.3. The van der Waals surface area contributed by atoms with Gasteiger partial charge in [0.05, 0.1) is 10.9 Å². The van der Waals surface area contributed by atoms with E-state index in [1.165, 1.54) is 34.9 Å². The molecule has 0 saturated carbocycles. The Kier molecular flexibility index (Phi) is 5.29. The van der Waals surface area contributed by atoms with Gasteiger partial charge in [0, 0.05) is 22.0 Å². The van der Waals surface area contributed by atoms with Crippen molar-refractivity contribution in [3.63, 3.8) is 0 Å². The Hall–Kier alpha value is -3.44. The number of thiazole rings is 1. The van der Waals surface area contributed by atoms with Crippen molar-refractivity contribution in [1.29, 1.82) is 0 Å². The molecule has 11 heteroatoms. The fraction of sp³-hybridized carbons (Fsp3) is 0.182. The average molecular weight is 486 g/mol. The molecule has 0 unspecified atom stereocenters. The number of imide groups is 1. The van der Waals surface area contributed by atoms with Crippen molar-refractivity contribution in [3.8, 4) is 5.75 Å². The quantitative estimate of drug-likeness (QED) is 0.488. The minimum atomic E-state index is -0.796. The molecule has 3 atom stereocenters. The SMILES string of the molecule is O=C(Cn1c2c(sc1=O)[C@@H](c1ccccc1O)[C@H]1C(=O)NC(=O)[C@H]1S2)Nc1ccc(F)cc1. The van der Waals surface area contributed by atoms with Gasteiger partial charge in [-0.2, -0.15) is 0 Å². The third kappa shape index (κ3) is 3.72. The molecule has 3 amide bonds. The number of rotatable bonds is 4. The van der Waals surface area contributed by atoms with Gasteiger partial charge in [0.1, 0.15) is 23.4 Å². The average Bonchev–Trinajstić information content (AvgIpc) is 3.24. The Balaban J connectivity index is 1.54. The van der Waals surface area contributed by atoms with Crippen LogP contribution in [0.15, 0.2) is 58.4 Å². The maximum absolute atomic E-state index is 13.1. The number of phenols is 1. The summed E-state index contributed by atoms with van der Waals surface area (Å²) < 4.78 is 14.4. The number of nitrogens with zero attached hydrogens (tertiary/aromatic N) is 1. The number of hydrogen-bond acceptors (Lipinski definition) is 7. The third-order valence-corrected chi connectivity index (χ3v) is 8.21. The first kappa shape index (κ1) is 21.4. The predicted octanol–water partition coefficient (Wildman–Crippen LogP) is 2.27. The summed E-state index contributed by atoms with van der Waals surface area (Å²) in [7, 11) is 0.